The van der Waals surface area contributed by atoms with Gasteiger partial charge in [0.25, 0.3) is 5.91 Å². The van der Waals surface area contributed by atoms with E-state index in [0.717, 1.165) is 25.3 Å². The van der Waals surface area contributed by atoms with Crippen LogP contribution in [0.15, 0.2) is 24.3 Å². The summed E-state index contributed by atoms with van der Waals surface area (Å²) in [7, 11) is 0. The quantitative estimate of drug-likeness (QED) is 0.741. The molecule has 3 aliphatic rings. The van der Waals surface area contributed by atoms with Crippen molar-refractivity contribution < 1.29 is 14.3 Å². The van der Waals surface area contributed by atoms with Gasteiger partial charge in [0.2, 0.25) is 5.91 Å². The van der Waals surface area contributed by atoms with Gasteiger partial charge in [-0.3, -0.25) is 14.5 Å². The van der Waals surface area contributed by atoms with Crippen LogP contribution in [0.5, 0.6) is 0 Å². The summed E-state index contributed by atoms with van der Waals surface area (Å²) in [6.45, 7) is 4.23. The highest BCUT2D eigenvalue weighted by molar-refractivity contribution is 5.94. The van der Waals surface area contributed by atoms with Crippen LogP contribution in [0.2, 0.25) is 0 Å². The summed E-state index contributed by atoms with van der Waals surface area (Å²) in [6, 6.07) is 9.37. The molecule has 0 unspecified atom stereocenters. The molecule has 2 amide bonds. The van der Waals surface area contributed by atoms with E-state index in [4.69, 9.17) is 10.00 Å². The molecule has 0 radical (unpaired) electrons. The van der Waals surface area contributed by atoms with Crippen LogP contribution in [0.3, 0.4) is 0 Å². The molecular formula is C23H30N4O3. The zero-order valence-electron chi connectivity index (χ0n) is 17.4. The molecule has 3 fully saturated rings. The molecule has 30 heavy (non-hydrogen) atoms. The fraction of sp³-hybridized carbons (Fsp3) is 0.609. The Bertz CT molecular complexity index is 811. The lowest BCUT2D eigenvalue weighted by Gasteiger charge is -2.33. The average Bonchev–Trinajstić information content (AvgIpc) is 3.54. The number of carbonyl (C=O) groups excluding carboxylic acids is 2. The zero-order chi connectivity index (χ0) is 20.9. The Morgan fingerprint density at radius 1 is 1.13 bits per heavy atom. The molecule has 7 nitrogen and oxygen atoms in total. The number of hydrogen-bond acceptors (Lipinski definition) is 5. The number of ether oxygens (including phenoxy) is 1. The van der Waals surface area contributed by atoms with Crippen molar-refractivity contribution in [2.75, 3.05) is 39.4 Å². The number of nitriles is 1. The van der Waals surface area contributed by atoms with Crippen LogP contribution in [0.4, 0.5) is 0 Å². The molecule has 1 saturated carbocycles. The van der Waals surface area contributed by atoms with Crippen LogP contribution in [0.25, 0.3) is 0 Å². The lowest BCUT2D eigenvalue weighted by molar-refractivity contribution is -0.136. The van der Waals surface area contributed by atoms with Crippen LogP contribution < -0.4 is 5.32 Å². The third-order valence-corrected chi connectivity index (χ3v) is 6.46. The Morgan fingerprint density at radius 2 is 1.90 bits per heavy atom. The maximum atomic E-state index is 12.8. The average molecular weight is 411 g/mol. The minimum atomic E-state index is -0.147. The van der Waals surface area contributed by atoms with Crippen molar-refractivity contribution >= 4 is 11.8 Å². The van der Waals surface area contributed by atoms with E-state index in [0.29, 0.717) is 50.4 Å². The third-order valence-electron chi connectivity index (χ3n) is 6.46. The fourth-order valence-corrected chi connectivity index (χ4v) is 4.54. The van der Waals surface area contributed by atoms with Gasteiger partial charge in [-0.05, 0) is 49.8 Å². The molecule has 0 bridgehead atoms. The third kappa shape index (κ3) is 5.18. The highest BCUT2D eigenvalue weighted by Crippen LogP contribution is 2.35. The van der Waals surface area contributed by atoms with E-state index in [9.17, 15) is 9.59 Å². The molecule has 1 N–H and O–H groups in total. The van der Waals surface area contributed by atoms with Gasteiger partial charge in [0.05, 0.1) is 24.8 Å². The van der Waals surface area contributed by atoms with E-state index in [-0.39, 0.29) is 23.9 Å². The first-order valence-corrected chi connectivity index (χ1v) is 11.0. The first-order valence-electron chi connectivity index (χ1n) is 11.0. The maximum Gasteiger partial charge on any atom is 0.251 e. The minimum absolute atomic E-state index is 0.147. The van der Waals surface area contributed by atoms with Gasteiger partial charge < -0.3 is 15.0 Å². The Labute approximate surface area is 178 Å². The summed E-state index contributed by atoms with van der Waals surface area (Å²) in [4.78, 5) is 29.7. The highest BCUT2D eigenvalue weighted by atomic mass is 16.5. The van der Waals surface area contributed by atoms with Crippen LogP contribution in [-0.2, 0) is 9.53 Å². The number of carbonyl (C=O) groups is 2. The number of likely N-dealkylation sites (tertiary alicyclic amines) is 1. The van der Waals surface area contributed by atoms with Crippen molar-refractivity contribution in [1.82, 2.24) is 15.1 Å². The smallest absolute Gasteiger partial charge is 0.251 e. The Balaban J connectivity index is 1.34. The van der Waals surface area contributed by atoms with Crippen molar-refractivity contribution in [3.8, 4) is 6.07 Å². The van der Waals surface area contributed by atoms with E-state index in [1.807, 2.05) is 4.90 Å². The topological polar surface area (TPSA) is 85.7 Å². The zero-order valence-corrected chi connectivity index (χ0v) is 17.4. The first kappa shape index (κ1) is 20.8. The lowest BCUT2D eigenvalue weighted by Crippen LogP contribution is -2.47. The summed E-state index contributed by atoms with van der Waals surface area (Å²) >= 11 is 0. The normalized spacial score (nSPS) is 24.4. The van der Waals surface area contributed by atoms with Gasteiger partial charge in [-0.25, -0.2) is 0 Å². The molecule has 1 aliphatic carbocycles. The van der Waals surface area contributed by atoms with Gasteiger partial charge in [-0.2, -0.15) is 5.26 Å². The Morgan fingerprint density at radius 3 is 2.63 bits per heavy atom. The molecule has 7 heteroatoms. The van der Waals surface area contributed by atoms with Gasteiger partial charge in [-0.15, -0.1) is 0 Å². The second kappa shape index (κ2) is 9.59. The first-order chi connectivity index (χ1) is 14.6. The number of hydrogen-bond donors (Lipinski definition) is 1. The Hall–Kier alpha value is -2.43. The standard InChI is InChI=1S/C23H30N4O3/c24-14-18-2-1-3-19(12-18)23(29)25-15-21-7-6-20(27(21)16-17-4-5-17)13-22(28)26-8-10-30-11-9-26/h1-3,12,17,20-21H,4-11,13,15-16H2,(H,25,29)/t20-,21+/m1/s1. The molecule has 2 aliphatic heterocycles. The molecule has 1 aromatic carbocycles. The molecule has 4 rings (SSSR count). The number of nitrogens with one attached hydrogen (secondary N) is 1. The lowest BCUT2D eigenvalue weighted by atomic mass is 10.1. The molecule has 2 heterocycles. The second-order valence-corrected chi connectivity index (χ2v) is 8.63. The summed E-state index contributed by atoms with van der Waals surface area (Å²) in [5, 5.41) is 12.1. The Kier molecular flexibility index (Phi) is 6.66. The van der Waals surface area contributed by atoms with Crippen LogP contribution >= 0.6 is 0 Å². The van der Waals surface area contributed by atoms with Crippen molar-refractivity contribution in [3.63, 3.8) is 0 Å². The number of rotatable bonds is 7. The SMILES string of the molecule is N#Cc1cccc(C(=O)NC[C@@H]2CC[C@H](CC(=O)N3CCOCC3)N2CC2CC2)c1. The number of nitrogens with zero attached hydrogens (tertiary/aromatic N) is 3. The predicted molar refractivity (Wildman–Crippen MR) is 112 cm³/mol. The van der Waals surface area contributed by atoms with Crippen molar-refractivity contribution in [1.29, 1.82) is 5.26 Å². The van der Waals surface area contributed by atoms with Gasteiger partial charge in [0.1, 0.15) is 0 Å². The van der Waals surface area contributed by atoms with E-state index < -0.39 is 0 Å². The van der Waals surface area contributed by atoms with Gasteiger partial charge in [0, 0.05) is 50.2 Å². The van der Waals surface area contributed by atoms with Crippen LogP contribution in [0, 0.1) is 17.2 Å². The van der Waals surface area contributed by atoms with Gasteiger partial charge in [-0.1, -0.05) is 6.07 Å². The second-order valence-electron chi connectivity index (χ2n) is 8.63. The van der Waals surface area contributed by atoms with Crippen molar-refractivity contribution in [2.24, 2.45) is 5.92 Å². The van der Waals surface area contributed by atoms with Crippen LogP contribution in [-0.4, -0.2) is 73.1 Å². The van der Waals surface area contributed by atoms with E-state index in [1.165, 1.54) is 12.8 Å². The number of benzene rings is 1. The monoisotopic (exact) mass is 410 g/mol. The molecular weight excluding hydrogens is 380 g/mol. The fourth-order valence-electron chi connectivity index (χ4n) is 4.54. The molecule has 2 atom stereocenters. The number of morpholine rings is 1. The van der Waals surface area contributed by atoms with Gasteiger partial charge in [0.15, 0.2) is 0 Å². The minimum Gasteiger partial charge on any atom is -0.378 e. The number of amides is 2. The molecule has 160 valence electrons. The van der Waals surface area contributed by atoms with Gasteiger partial charge >= 0.3 is 0 Å². The highest BCUT2D eigenvalue weighted by Gasteiger charge is 2.38. The van der Waals surface area contributed by atoms with E-state index in [2.05, 4.69) is 16.3 Å². The summed E-state index contributed by atoms with van der Waals surface area (Å²) < 4.78 is 5.36. The summed E-state index contributed by atoms with van der Waals surface area (Å²) in [5.41, 5.74) is 1.00. The van der Waals surface area contributed by atoms with Crippen LogP contribution in [0.1, 0.15) is 48.0 Å². The summed E-state index contributed by atoms with van der Waals surface area (Å²) in [5.74, 6) is 0.808. The molecule has 1 aromatic rings. The maximum absolute atomic E-state index is 12.8. The largest absolute Gasteiger partial charge is 0.378 e. The van der Waals surface area contributed by atoms with E-state index >= 15 is 0 Å². The molecule has 2 saturated heterocycles. The molecule has 0 spiro atoms. The predicted octanol–water partition coefficient (Wildman–Crippen LogP) is 1.78. The van der Waals surface area contributed by atoms with Crippen molar-refractivity contribution in [3.05, 3.63) is 35.4 Å². The van der Waals surface area contributed by atoms with Crippen molar-refractivity contribution in [2.45, 2.75) is 44.2 Å². The summed E-state index contributed by atoms with van der Waals surface area (Å²) in [6.07, 6.45) is 5.07. The molecule has 0 aromatic heterocycles. The van der Waals surface area contributed by atoms with E-state index in [1.54, 1.807) is 24.3 Å².